The normalized spacial score (nSPS) is 21.4. The second-order valence-corrected chi connectivity index (χ2v) is 7.42. The summed E-state index contributed by atoms with van der Waals surface area (Å²) in [6, 6.07) is 5.55. The molecule has 6 heteroatoms. The van der Waals surface area contributed by atoms with E-state index in [1.165, 1.54) is 24.3 Å². The number of hydrogen-bond donors (Lipinski definition) is 0. The number of carbonyl (C=O) groups excluding carboxylic acids is 1. The van der Waals surface area contributed by atoms with Crippen molar-refractivity contribution in [3.63, 3.8) is 0 Å². The molecule has 20 heavy (non-hydrogen) atoms. The Kier molecular flexibility index (Phi) is 3.12. The minimum atomic E-state index is -2.99. The van der Waals surface area contributed by atoms with Gasteiger partial charge in [0.15, 0.2) is 21.4 Å². The molecule has 106 valence electrons. The number of sulfone groups is 1. The highest BCUT2D eigenvalue weighted by atomic mass is 32.2. The van der Waals surface area contributed by atoms with E-state index in [4.69, 9.17) is 4.42 Å². The molecule has 1 fully saturated rings. The summed E-state index contributed by atoms with van der Waals surface area (Å²) in [4.78, 5) is 12.1. The van der Waals surface area contributed by atoms with Crippen LogP contribution in [0.15, 0.2) is 28.7 Å². The van der Waals surface area contributed by atoms with Gasteiger partial charge < -0.3 is 4.42 Å². The van der Waals surface area contributed by atoms with Gasteiger partial charge in [0.05, 0.1) is 11.5 Å². The van der Waals surface area contributed by atoms with E-state index in [0.717, 1.165) is 0 Å². The maximum atomic E-state index is 13.1. The lowest BCUT2D eigenvalue weighted by Crippen LogP contribution is -2.10. The highest BCUT2D eigenvalue weighted by molar-refractivity contribution is 7.91. The third kappa shape index (κ3) is 2.60. The van der Waals surface area contributed by atoms with Crippen molar-refractivity contribution in [3.8, 4) is 0 Å². The summed E-state index contributed by atoms with van der Waals surface area (Å²) in [7, 11) is -2.99. The molecule has 0 spiro atoms. The molecule has 0 N–H and O–H groups in total. The van der Waals surface area contributed by atoms with E-state index >= 15 is 0 Å². The number of ketones is 1. The molecule has 1 unspecified atom stereocenters. The van der Waals surface area contributed by atoms with Gasteiger partial charge in [-0.15, -0.1) is 0 Å². The summed E-state index contributed by atoms with van der Waals surface area (Å²) in [6.07, 6.45) is 0.671. The molecule has 2 aromatic rings. The van der Waals surface area contributed by atoms with Gasteiger partial charge in [-0.1, -0.05) is 0 Å². The predicted octanol–water partition coefficient (Wildman–Crippen LogP) is 2.58. The number of rotatable bonds is 3. The minimum absolute atomic E-state index is 0.0631. The summed E-state index contributed by atoms with van der Waals surface area (Å²) in [5, 5.41) is 0.535. The minimum Gasteiger partial charge on any atom is -0.453 e. The van der Waals surface area contributed by atoms with Gasteiger partial charge in [-0.2, -0.15) is 0 Å². The van der Waals surface area contributed by atoms with E-state index in [0.29, 0.717) is 17.4 Å². The fourth-order valence-corrected chi connectivity index (χ4v) is 4.41. The SMILES string of the molecule is O=C(CC1CCS(=O)(=O)C1)c1cc2cc(F)ccc2o1. The van der Waals surface area contributed by atoms with E-state index in [-0.39, 0.29) is 41.2 Å². The van der Waals surface area contributed by atoms with Gasteiger partial charge in [0.2, 0.25) is 0 Å². The van der Waals surface area contributed by atoms with Crippen molar-refractivity contribution in [3.05, 3.63) is 35.8 Å². The zero-order valence-corrected chi connectivity index (χ0v) is 11.5. The Morgan fingerprint density at radius 1 is 1.35 bits per heavy atom. The number of halogens is 1. The molecule has 0 amide bonds. The number of benzene rings is 1. The van der Waals surface area contributed by atoms with Crippen LogP contribution in [0, 0.1) is 11.7 Å². The van der Waals surface area contributed by atoms with E-state index in [1.807, 2.05) is 0 Å². The van der Waals surface area contributed by atoms with Gasteiger partial charge in [0.1, 0.15) is 11.4 Å². The monoisotopic (exact) mass is 296 g/mol. The van der Waals surface area contributed by atoms with Crippen molar-refractivity contribution in [1.29, 1.82) is 0 Å². The highest BCUT2D eigenvalue weighted by Crippen LogP contribution is 2.26. The van der Waals surface area contributed by atoms with Crippen molar-refractivity contribution in [2.75, 3.05) is 11.5 Å². The zero-order chi connectivity index (χ0) is 14.3. The molecule has 0 bridgehead atoms. The molecule has 1 atom stereocenters. The van der Waals surface area contributed by atoms with Gasteiger partial charge in [-0.25, -0.2) is 12.8 Å². The molecule has 2 heterocycles. The van der Waals surface area contributed by atoms with Crippen LogP contribution in [-0.2, 0) is 9.84 Å². The topological polar surface area (TPSA) is 64.3 Å². The van der Waals surface area contributed by atoms with Crippen molar-refractivity contribution < 1.29 is 22.0 Å². The molecule has 0 saturated carbocycles. The van der Waals surface area contributed by atoms with Gasteiger partial charge in [0.25, 0.3) is 0 Å². The van der Waals surface area contributed by atoms with Crippen LogP contribution in [0.2, 0.25) is 0 Å². The van der Waals surface area contributed by atoms with Crippen LogP contribution in [0.1, 0.15) is 23.4 Å². The molecule has 1 aliphatic heterocycles. The summed E-state index contributed by atoms with van der Waals surface area (Å²) in [5.41, 5.74) is 0.453. The van der Waals surface area contributed by atoms with Crippen LogP contribution >= 0.6 is 0 Å². The van der Waals surface area contributed by atoms with Gasteiger partial charge in [-0.3, -0.25) is 4.79 Å². The summed E-state index contributed by atoms with van der Waals surface area (Å²) in [5.74, 6) is -0.389. The lowest BCUT2D eigenvalue weighted by Gasteiger charge is -2.03. The quantitative estimate of drug-likeness (QED) is 0.817. The van der Waals surface area contributed by atoms with Crippen molar-refractivity contribution >= 4 is 26.6 Å². The molecule has 1 aromatic carbocycles. The standard InChI is InChI=1S/C14H13FO4S/c15-11-1-2-13-10(6-11)7-14(19-13)12(16)5-9-3-4-20(17,18)8-9/h1-2,6-7,9H,3-5,8H2. The second-order valence-electron chi connectivity index (χ2n) is 5.19. The summed E-state index contributed by atoms with van der Waals surface area (Å²) >= 11 is 0. The molecule has 4 nitrogen and oxygen atoms in total. The Morgan fingerprint density at radius 2 is 2.15 bits per heavy atom. The molecule has 0 radical (unpaired) electrons. The molecule has 1 aromatic heterocycles. The predicted molar refractivity (Wildman–Crippen MR) is 71.9 cm³/mol. The Balaban J connectivity index is 1.79. The maximum Gasteiger partial charge on any atom is 0.198 e. The molecular weight excluding hydrogens is 283 g/mol. The number of Topliss-reactive ketones (excluding diaryl/α,β-unsaturated/α-hetero) is 1. The second kappa shape index (κ2) is 4.70. The van der Waals surface area contributed by atoms with Crippen LogP contribution in [-0.4, -0.2) is 25.7 Å². The van der Waals surface area contributed by atoms with Crippen molar-refractivity contribution in [2.45, 2.75) is 12.8 Å². The number of carbonyl (C=O) groups is 1. The van der Waals surface area contributed by atoms with Crippen LogP contribution in [0.25, 0.3) is 11.0 Å². The largest absolute Gasteiger partial charge is 0.453 e. The maximum absolute atomic E-state index is 13.1. The third-order valence-electron chi connectivity index (χ3n) is 3.55. The molecule has 1 aliphatic rings. The molecule has 0 aliphatic carbocycles. The Morgan fingerprint density at radius 3 is 2.85 bits per heavy atom. The average molecular weight is 296 g/mol. The van der Waals surface area contributed by atoms with Crippen LogP contribution in [0.4, 0.5) is 4.39 Å². The Labute approximate surface area is 115 Å². The fraction of sp³-hybridized carbons (Fsp3) is 0.357. The van der Waals surface area contributed by atoms with Crippen LogP contribution in [0.5, 0.6) is 0 Å². The molecule has 3 rings (SSSR count). The first-order valence-corrected chi connectivity index (χ1v) is 8.18. The first-order valence-electron chi connectivity index (χ1n) is 6.36. The lowest BCUT2D eigenvalue weighted by atomic mass is 10.0. The first-order chi connectivity index (χ1) is 9.43. The average Bonchev–Trinajstić information content (AvgIpc) is 2.92. The van der Waals surface area contributed by atoms with Gasteiger partial charge in [-0.05, 0) is 36.6 Å². The van der Waals surface area contributed by atoms with E-state index in [9.17, 15) is 17.6 Å². The van der Waals surface area contributed by atoms with E-state index in [2.05, 4.69) is 0 Å². The first kappa shape index (κ1) is 13.3. The number of fused-ring (bicyclic) bond motifs is 1. The third-order valence-corrected chi connectivity index (χ3v) is 5.39. The molecule has 1 saturated heterocycles. The highest BCUT2D eigenvalue weighted by Gasteiger charge is 2.30. The lowest BCUT2D eigenvalue weighted by molar-refractivity contribution is 0.0940. The molecular formula is C14H13FO4S. The van der Waals surface area contributed by atoms with E-state index in [1.54, 1.807) is 0 Å². The van der Waals surface area contributed by atoms with Gasteiger partial charge >= 0.3 is 0 Å². The summed E-state index contributed by atoms with van der Waals surface area (Å²) in [6.45, 7) is 0. The van der Waals surface area contributed by atoms with Crippen molar-refractivity contribution in [2.24, 2.45) is 5.92 Å². The van der Waals surface area contributed by atoms with Crippen molar-refractivity contribution in [1.82, 2.24) is 0 Å². The number of hydrogen-bond acceptors (Lipinski definition) is 4. The fourth-order valence-electron chi connectivity index (χ4n) is 2.55. The Bertz CT molecular complexity index is 776. The van der Waals surface area contributed by atoms with E-state index < -0.39 is 9.84 Å². The summed E-state index contributed by atoms with van der Waals surface area (Å²) < 4.78 is 41.2. The van der Waals surface area contributed by atoms with Gasteiger partial charge in [0, 0.05) is 11.8 Å². The van der Waals surface area contributed by atoms with Crippen LogP contribution < -0.4 is 0 Å². The number of furan rings is 1. The zero-order valence-electron chi connectivity index (χ0n) is 10.6. The Hall–Kier alpha value is -1.69. The smallest absolute Gasteiger partial charge is 0.198 e. The van der Waals surface area contributed by atoms with Crippen LogP contribution in [0.3, 0.4) is 0 Å².